The fraction of sp³-hybridized carbons (Fsp3) is 0.692. The van der Waals surface area contributed by atoms with Gasteiger partial charge in [-0.25, -0.2) is 4.98 Å². The summed E-state index contributed by atoms with van der Waals surface area (Å²) in [5.74, 6) is 2.88. The molecule has 2 unspecified atom stereocenters. The molecule has 1 fully saturated rings. The molecule has 0 saturated carbocycles. The second kappa shape index (κ2) is 6.79. The lowest BCUT2D eigenvalue weighted by atomic mass is 10.2. The molecule has 4 nitrogen and oxygen atoms in total. The Balaban J connectivity index is 2.22. The van der Waals surface area contributed by atoms with Crippen molar-refractivity contribution in [2.45, 2.75) is 38.5 Å². The third-order valence-corrected chi connectivity index (χ3v) is 5.31. The number of thioether (sulfide) groups is 1. The van der Waals surface area contributed by atoms with Crippen LogP contribution in [0.4, 0.5) is 11.8 Å². The molecule has 1 aliphatic heterocycles. The van der Waals surface area contributed by atoms with Crippen molar-refractivity contribution in [1.29, 1.82) is 0 Å². The van der Waals surface area contributed by atoms with Gasteiger partial charge in [0, 0.05) is 36.3 Å². The van der Waals surface area contributed by atoms with E-state index in [-0.39, 0.29) is 0 Å². The van der Waals surface area contributed by atoms with Crippen molar-refractivity contribution in [3.8, 4) is 0 Å². The molecule has 2 rings (SSSR count). The predicted molar refractivity (Wildman–Crippen MR) is 87.2 cm³/mol. The van der Waals surface area contributed by atoms with Gasteiger partial charge in [-0.15, -0.1) is 0 Å². The quantitative estimate of drug-likeness (QED) is 0.906. The lowest BCUT2D eigenvalue weighted by Gasteiger charge is -2.38. The zero-order valence-corrected chi connectivity index (χ0v) is 14.1. The Labute approximate surface area is 127 Å². The average molecular weight is 345 g/mol. The molecule has 0 radical (unpaired) electrons. The van der Waals surface area contributed by atoms with E-state index in [9.17, 15) is 0 Å². The van der Waals surface area contributed by atoms with Crippen molar-refractivity contribution in [2.24, 2.45) is 0 Å². The molecule has 0 bridgehead atoms. The standard InChI is InChI=1S/C13H21BrN4S/c1-4-5-15-13-16-8-11(14)12(17-13)18-6-7-19-10(3)9(18)2/h8-10H,4-7H2,1-3H3,(H,15,16,17). The van der Waals surface area contributed by atoms with Crippen molar-refractivity contribution < 1.29 is 0 Å². The van der Waals surface area contributed by atoms with Gasteiger partial charge in [-0.2, -0.15) is 16.7 Å². The molecule has 1 N–H and O–H groups in total. The molecule has 2 atom stereocenters. The van der Waals surface area contributed by atoms with E-state index in [0.717, 1.165) is 41.5 Å². The first-order chi connectivity index (χ1) is 9.13. The van der Waals surface area contributed by atoms with E-state index in [1.54, 1.807) is 0 Å². The molecule has 0 aliphatic carbocycles. The zero-order chi connectivity index (χ0) is 13.8. The number of hydrogen-bond acceptors (Lipinski definition) is 5. The summed E-state index contributed by atoms with van der Waals surface area (Å²) >= 11 is 5.61. The number of halogens is 1. The second-order valence-corrected chi connectivity index (χ2v) is 7.14. The van der Waals surface area contributed by atoms with Gasteiger partial charge in [0.2, 0.25) is 5.95 Å². The van der Waals surface area contributed by atoms with Crippen LogP contribution in [0.3, 0.4) is 0 Å². The van der Waals surface area contributed by atoms with Gasteiger partial charge >= 0.3 is 0 Å². The maximum absolute atomic E-state index is 4.67. The highest BCUT2D eigenvalue weighted by Gasteiger charge is 2.27. The fourth-order valence-corrected chi connectivity index (χ4v) is 3.63. The number of rotatable bonds is 4. The van der Waals surface area contributed by atoms with E-state index in [2.05, 4.69) is 56.9 Å². The molecule has 1 aliphatic rings. The molecule has 19 heavy (non-hydrogen) atoms. The van der Waals surface area contributed by atoms with Gasteiger partial charge in [-0.05, 0) is 29.3 Å². The number of aromatic nitrogens is 2. The maximum Gasteiger partial charge on any atom is 0.224 e. The topological polar surface area (TPSA) is 41.1 Å². The van der Waals surface area contributed by atoms with Crippen molar-refractivity contribution in [2.75, 3.05) is 29.1 Å². The van der Waals surface area contributed by atoms with Crippen LogP contribution < -0.4 is 10.2 Å². The molecular formula is C13H21BrN4S. The molecule has 0 spiro atoms. The third kappa shape index (κ3) is 3.54. The number of nitrogens with one attached hydrogen (secondary N) is 1. The van der Waals surface area contributed by atoms with Crippen molar-refractivity contribution >= 4 is 39.5 Å². The molecule has 1 aromatic rings. The Morgan fingerprint density at radius 3 is 3.05 bits per heavy atom. The minimum atomic E-state index is 0.490. The smallest absolute Gasteiger partial charge is 0.224 e. The Hall–Kier alpha value is -0.490. The minimum Gasteiger partial charge on any atom is -0.354 e. The highest BCUT2D eigenvalue weighted by atomic mass is 79.9. The molecule has 0 amide bonds. The number of anilines is 2. The molecular weight excluding hydrogens is 324 g/mol. The molecule has 1 aromatic heterocycles. The van der Waals surface area contributed by atoms with Gasteiger partial charge in [0.15, 0.2) is 0 Å². The van der Waals surface area contributed by atoms with Crippen LogP contribution in [0.15, 0.2) is 10.7 Å². The lowest BCUT2D eigenvalue weighted by Crippen LogP contribution is -2.45. The third-order valence-electron chi connectivity index (χ3n) is 3.41. The van der Waals surface area contributed by atoms with Crippen LogP contribution in [0.25, 0.3) is 0 Å². The van der Waals surface area contributed by atoms with Gasteiger partial charge in [-0.1, -0.05) is 13.8 Å². The first-order valence-corrected chi connectivity index (χ1v) is 8.62. The summed E-state index contributed by atoms with van der Waals surface area (Å²) in [5, 5.41) is 3.88. The first kappa shape index (κ1) is 14.9. The summed E-state index contributed by atoms with van der Waals surface area (Å²) in [5.41, 5.74) is 0. The summed E-state index contributed by atoms with van der Waals surface area (Å²) in [4.78, 5) is 11.4. The predicted octanol–water partition coefficient (Wildman–Crippen LogP) is 3.39. The van der Waals surface area contributed by atoms with Crippen LogP contribution in [0, 0.1) is 0 Å². The summed E-state index contributed by atoms with van der Waals surface area (Å²) in [6, 6.07) is 0.490. The zero-order valence-electron chi connectivity index (χ0n) is 11.7. The van der Waals surface area contributed by atoms with E-state index < -0.39 is 0 Å². The summed E-state index contributed by atoms with van der Waals surface area (Å²) in [7, 11) is 0. The van der Waals surface area contributed by atoms with E-state index >= 15 is 0 Å². The average Bonchev–Trinajstić information content (AvgIpc) is 2.41. The van der Waals surface area contributed by atoms with E-state index in [4.69, 9.17) is 0 Å². The summed E-state index contributed by atoms with van der Waals surface area (Å²) in [6.07, 6.45) is 2.92. The molecule has 0 aromatic carbocycles. The number of nitrogens with zero attached hydrogens (tertiary/aromatic N) is 3. The summed E-state index contributed by atoms with van der Waals surface area (Å²) < 4.78 is 0.973. The van der Waals surface area contributed by atoms with Crippen LogP contribution in [-0.2, 0) is 0 Å². The maximum atomic E-state index is 4.67. The highest BCUT2D eigenvalue weighted by Crippen LogP contribution is 2.32. The largest absolute Gasteiger partial charge is 0.354 e. The normalized spacial score (nSPS) is 23.5. The highest BCUT2D eigenvalue weighted by molar-refractivity contribution is 9.10. The van der Waals surface area contributed by atoms with Crippen LogP contribution in [0.1, 0.15) is 27.2 Å². The molecule has 6 heteroatoms. The Kier molecular flexibility index (Phi) is 5.33. The van der Waals surface area contributed by atoms with Crippen molar-refractivity contribution in [3.63, 3.8) is 0 Å². The van der Waals surface area contributed by atoms with E-state index in [0.29, 0.717) is 11.3 Å². The summed E-state index contributed by atoms with van der Waals surface area (Å²) in [6.45, 7) is 8.64. The van der Waals surface area contributed by atoms with Gasteiger partial charge in [-0.3, -0.25) is 0 Å². The molecule has 106 valence electrons. The minimum absolute atomic E-state index is 0.490. The SMILES string of the molecule is CCCNc1ncc(Br)c(N2CCSC(C)C2C)n1. The molecule has 1 saturated heterocycles. The Bertz CT molecular complexity index is 429. The number of hydrogen-bond donors (Lipinski definition) is 1. The lowest BCUT2D eigenvalue weighted by molar-refractivity contribution is 0.618. The van der Waals surface area contributed by atoms with E-state index in [1.807, 2.05) is 18.0 Å². The Morgan fingerprint density at radius 1 is 1.53 bits per heavy atom. The Morgan fingerprint density at radius 2 is 2.32 bits per heavy atom. The van der Waals surface area contributed by atoms with Crippen LogP contribution in [-0.4, -0.2) is 40.1 Å². The second-order valence-electron chi connectivity index (χ2n) is 4.80. The van der Waals surface area contributed by atoms with Crippen LogP contribution >= 0.6 is 27.7 Å². The molecule has 2 heterocycles. The van der Waals surface area contributed by atoms with Gasteiger partial charge < -0.3 is 10.2 Å². The van der Waals surface area contributed by atoms with Crippen LogP contribution in [0.5, 0.6) is 0 Å². The van der Waals surface area contributed by atoms with Gasteiger partial charge in [0.1, 0.15) is 5.82 Å². The first-order valence-electron chi connectivity index (χ1n) is 6.78. The van der Waals surface area contributed by atoms with Gasteiger partial charge in [0.25, 0.3) is 0 Å². The van der Waals surface area contributed by atoms with Crippen molar-refractivity contribution in [3.05, 3.63) is 10.7 Å². The fourth-order valence-electron chi connectivity index (χ4n) is 2.11. The monoisotopic (exact) mass is 344 g/mol. The van der Waals surface area contributed by atoms with E-state index in [1.165, 1.54) is 0 Å². The van der Waals surface area contributed by atoms with Gasteiger partial charge in [0.05, 0.1) is 4.47 Å². The van der Waals surface area contributed by atoms with Crippen LogP contribution in [0.2, 0.25) is 0 Å². The van der Waals surface area contributed by atoms with Crippen molar-refractivity contribution in [1.82, 2.24) is 9.97 Å².